The Labute approximate surface area is 235 Å². The SMILES string of the molecule is CC(=O)Oc1ccc2c3c1O[C@H]1[C@H](N(C)C(=O)C#Cc4cccc(C)c4)CC[C@@]4(O)[C@@H](C2)N(CC2CC2)CC[C@]314. The molecule has 0 unspecified atom stereocenters. The minimum absolute atomic E-state index is 0.00551. The maximum absolute atomic E-state index is 13.4. The molecule has 7 rings (SSSR count). The number of carbonyl (C=O) groups excluding carboxylic acids is 2. The number of aryl methyl sites for hydroxylation is 1. The molecular formula is C33H36N2O5. The lowest BCUT2D eigenvalue weighted by molar-refractivity contribution is -0.199. The molecule has 1 N–H and O–H groups in total. The minimum atomic E-state index is -0.995. The van der Waals surface area contributed by atoms with Crippen LogP contribution in [0.25, 0.3) is 0 Å². The van der Waals surface area contributed by atoms with Gasteiger partial charge in [-0.2, -0.15) is 0 Å². The average molecular weight is 541 g/mol. The summed E-state index contributed by atoms with van der Waals surface area (Å²) >= 11 is 0. The Kier molecular flexibility index (Phi) is 5.82. The van der Waals surface area contributed by atoms with Crippen LogP contribution in [-0.4, -0.2) is 70.7 Å². The highest BCUT2D eigenvalue weighted by Crippen LogP contribution is 2.66. The number of carbonyl (C=O) groups is 2. The predicted octanol–water partition coefficient (Wildman–Crippen LogP) is 3.36. The number of amides is 1. The number of aliphatic hydroxyl groups is 1. The van der Waals surface area contributed by atoms with Crippen LogP contribution in [0.3, 0.4) is 0 Å². The lowest BCUT2D eigenvalue weighted by atomic mass is 9.48. The smallest absolute Gasteiger partial charge is 0.308 e. The molecule has 1 spiro atoms. The maximum atomic E-state index is 13.4. The first-order chi connectivity index (χ1) is 19.2. The summed E-state index contributed by atoms with van der Waals surface area (Å²) < 4.78 is 12.4. The van der Waals surface area contributed by atoms with E-state index in [1.165, 1.54) is 19.8 Å². The van der Waals surface area contributed by atoms with Gasteiger partial charge in [0.25, 0.3) is 5.91 Å². The van der Waals surface area contributed by atoms with Gasteiger partial charge in [-0.25, -0.2) is 0 Å². The highest BCUT2D eigenvalue weighted by molar-refractivity contribution is 5.94. The fourth-order valence-electron chi connectivity index (χ4n) is 8.16. The summed E-state index contributed by atoms with van der Waals surface area (Å²) in [6.45, 7) is 5.29. The van der Waals surface area contributed by atoms with Crippen LogP contribution in [0.5, 0.6) is 11.5 Å². The second-order valence-electron chi connectivity index (χ2n) is 12.5. The van der Waals surface area contributed by atoms with E-state index in [2.05, 4.69) is 16.7 Å². The molecule has 2 saturated carbocycles. The highest BCUT2D eigenvalue weighted by Gasteiger charge is 2.73. The number of hydrogen-bond acceptors (Lipinski definition) is 6. The third-order valence-electron chi connectivity index (χ3n) is 10.1. The zero-order valence-corrected chi connectivity index (χ0v) is 23.4. The third kappa shape index (κ3) is 3.73. The Bertz CT molecular complexity index is 1470. The van der Waals surface area contributed by atoms with E-state index in [1.807, 2.05) is 43.3 Å². The molecule has 5 aliphatic rings. The molecule has 40 heavy (non-hydrogen) atoms. The van der Waals surface area contributed by atoms with Crippen molar-refractivity contribution in [2.75, 3.05) is 20.1 Å². The Morgan fingerprint density at radius 1 is 1.20 bits per heavy atom. The van der Waals surface area contributed by atoms with Crippen LogP contribution in [0.2, 0.25) is 0 Å². The molecule has 0 radical (unpaired) electrons. The van der Waals surface area contributed by atoms with Gasteiger partial charge in [0.15, 0.2) is 11.5 Å². The van der Waals surface area contributed by atoms with Gasteiger partial charge in [0.05, 0.1) is 17.1 Å². The van der Waals surface area contributed by atoms with Gasteiger partial charge >= 0.3 is 5.97 Å². The monoisotopic (exact) mass is 540 g/mol. The maximum Gasteiger partial charge on any atom is 0.308 e. The van der Waals surface area contributed by atoms with E-state index < -0.39 is 23.1 Å². The van der Waals surface area contributed by atoms with Crippen molar-refractivity contribution < 1.29 is 24.2 Å². The Hall–Kier alpha value is -3.34. The standard InChI is InChI=1S/C33H36N2O5/c1-20-5-4-6-22(17-20)9-12-28(37)34(3)25-13-14-33(38)27-18-24-10-11-26(39-21(2)36)30-29(24)32(33,31(25)40-30)15-16-35(27)19-23-7-8-23/h4-6,10-11,17,23,25,27,31,38H,7-8,13-16,18-19H2,1-3H3/t25-,27-,31+,32+,33-/m1/s1. The van der Waals surface area contributed by atoms with Gasteiger partial charge in [0.2, 0.25) is 0 Å². The minimum Gasteiger partial charge on any atom is -0.483 e. The lowest BCUT2D eigenvalue weighted by Gasteiger charge is -2.64. The van der Waals surface area contributed by atoms with Crippen molar-refractivity contribution in [2.24, 2.45) is 5.92 Å². The predicted molar refractivity (Wildman–Crippen MR) is 149 cm³/mol. The van der Waals surface area contributed by atoms with Crippen molar-refractivity contribution in [3.63, 3.8) is 0 Å². The van der Waals surface area contributed by atoms with Crippen LogP contribution in [-0.2, 0) is 21.4 Å². The van der Waals surface area contributed by atoms with Crippen molar-refractivity contribution in [3.05, 3.63) is 58.7 Å². The molecule has 3 aliphatic carbocycles. The fourth-order valence-corrected chi connectivity index (χ4v) is 8.16. The summed E-state index contributed by atoms with van der Waals surface area (Å²) in [7, 11) is 1.79. The van der Waals surface area contributed by atoms with Gasteiger partial charge in [-0.3, -0.25) is 14.5 Å². The Balaban J connectivity index is 1.28. The third-order valence-corrected chi connectivity index (χ3v) is 10.1. The van der Waals surface area contributed by atoms with Gasteiger partial charge < -0.3 is 19.5 Å². The molecular weight excluding hydrogens is 504 g/mol. The summed E-state index contributed by atoms with van der Waals surface area (Å²) in [5, 5.41) is 12.7. The number of likely N-dealkylation sites (tertiary alicyclic amines) is 1. The topological polar surface area (TPSA) is 79.3 Å². The average Bonchev–Trinajstić information content (AvgIpc) is 3.66. The molecule has 3 fully saturated rings. The molecule has 5 atom stereocenters. The first-order valence-corrected chi connectivity index (χ1v) is 14.5. The van der Waals surface area contributed by atoms with Crippen molar-refractivity contribution in [2.45, 2.75) is 81.6 Å². The molecule has 2 aromatic rings. The Morgan fingerprint density at radius 3 is 2.77 bits per heavy atom. The van der Waals surface area contributed by atoms with E-state index in [-0.39, 0.29) is 18.0 Å². The van der Waals surface area contributed by atoms with Gasteiger partial charge in [0.1, 0.15) is 6.10 Å². The first-order valence-electron chi connectivity index (χ1n) is 14.5. The van der Waals surface area contributed by atoms with Crippen molar-refractivity contribution >= 4 is 11.9 Å². The number of likely N-dealkylation sites (N-methyl/N-ethyl adjacent to an activating group) is 1. The highest BCUT2D eigenvalue weighted by atomic mass is 16.6. The largest absolute Gasteiger partial charge is 0.483 e. The number of hydrogen-bond donors (Lipinski definition) is 1. The van der Waals surface area contributed by atoms with Crippen LogP contribution in [0.1, 0.15) is 61.3 Å². The number of rotatable bonds is 4. The molecule has 1 saturated heterocycles. The summed E-state index contributed by atoms with van der Waals surface area (Å²) in [6, 6.07) is 11.4. The molecule has 2 aliphatic heterocycles. The normalized spacial score (nSPS) is 31.4. The number of ether oxygens (including phenoxy) is 2. The molecule has 208 valence electrons. The van der Waals surface area contributed by atoms with Crippen LogP contribution in [0.4, 0.5) is 0 Å². The number of nitrogens with zero attached hydrogens (tertiary/aromatic N) is 2. The van der Waals surface area contributed by atoms with E-state index in [1.54, 1.807) is 11.9 Å². The number of piperidine rings is 1. The van der Waals surface area contributed by atoms with Gasteiger partial charge in [-0.15, -0.1) is 0 Å². The Morgan fingerprint density at radius 2 is 2.02 bits per heavy atom. The lowest BCUT2D eigenvalue weighted by Crippen LogP contribution is -2.78. The quantitative estimate of drug-likeness (QED) is 0.364. The summed E-state index contributed by atoms with van der Waals surface area (Å²) in [6.07, 6.45) is 4.73. The van der Waals surface area contributed by atoms with Crippen LogP contribution in [0.15, 0.2) is 36.4 Å². The zero-order valence-electron chi connectivity index (χ0n) is 23.4. The fraction of sp³-hybridized carbons (Fsp3) is 0.515. The van der Waals surface area contributed by atoms with Crippen molar-refractivity contribution in [3.8, 4) is 23.3 Å². The molecule has 2 bridgehead atoms. The van der Waals surface area contributed by atoms with Gasteiger partial charge in [0, 0.05) is 43.6 Å². The van der Waals surface area contributed by atoms with E-state index >= 15 is 0 Å². The first kappa shape index (κ1) is 25.6. The van der Waals surface area contributed by atoms with Crippen LogP contribution in [0, 0.1) is 24.7 Å². The van der Waals surface area contributed by atoms with Gasteiger partial charge in [-0.1, -0.05) is 24.1 Å². The molecule has 7 heteroatoms. The molecule has 7 nitrogen and oxygen atoms in total. The van der Waals surface area contributed by atoms with Gasteiger partial charge in [-0.05, 0) is 87.2 Å². The van der Waals surface area contributed by atoms with E-state index in [0.717, 1.165) is 54.1 Å². The second kappa shape index (κ2) is 9.09. The molecule has 2 heterocycles. The number of benzene rings is 2. The van der Waals surface area contributed by atoms with E-state index in [9.17, 15) is 14.7 Å². The summed E-state index contributed by atoms with van der Waals surface area (Å²) in [5.74, 6) is 6.86. The summed E-state index contributed by atoms with van der Waals surface area (Å²) in [4.78, 5) is 29.6. The van der Waals surface area contributed by atoms with Crippen LogP contribution < -0.4 is 9.47 Å². The molecule has 0 aromatic heterocycles. The van der Waals surface area contributed by atoms with E-state index in [4.69, 9.17) is 9.47 Å². The molecule has 1 amide bonds. The zero-order chi connectivity index (χ0) is 27.8. The van der Waals surface area contributed by atoms with Crippen molar-refractivity contribution in [1.82, 2.24) is 9.80 Å². The number of esters is 1. The van der Waals surface area contributed by atoms with Crippen LogP contribution >= 0.6 is 0 Å². The second-order valence-corrected chi connectivity index (χ2v) is 12.5. The summed E-state index contributed by atoms with van der Waals surface area (Å²) in [5.41, 5.74) is 2.35. The van der Waals surface area contributed by atoms with E-state index in [0.29, 0.717) is 24.3 Å². The molecule has 2 aromatic carbocycles. The van der Waals surface area contributed by atoms with Crippen molar-refractivity contribution in [1.29, 1.82) is 0 Å².